The molecule has 0 aromatic heterocycles. The van der Waals surface area contributed by atoms with Crippen molar-refractivity contribution in [3.8, 4) is 0 Å². The molecule has 1 rings (SSSR count). The number of rotatable bonds is 4. The molecule has 0 unspecified atom stereocenters. The Balaban J connectivity index is 3.14. The number of ether oxygens (including phenoxy) is 1. The average Bonchev–Trinajstić information content (AvgIpc) is 2.26. The number of carbonyl (C=O) groups is 1. The number of carbonyl (C=O) groups excluding carboxylic acids is 1. The van der Waals surface area contributed by atoms with Gasteiger partial charge in [0.15, 0.2) is 7.28 Å². The molecule has 0 saturated heterocycles. The van der Waals surface area contributed by atoms with E-state index in [9.17, 15) is 14.8 Å². The topological polar surface area (TPSA) is 66.8 Å². The van der Waals surface area contributed by atoms with Gasteiger partial charge in [0, 0.05) is 0 Å². The highest BCUT2D eigenvalue weighted by molar-refractivity contribution is 6.70. The minimum Gasteiger partial charge on any atom is -0.462 e. The van der Waals surface area contributed by atoms with Crippen molar-refractivity contribution in [2.45, 2.75) is 33.0 Å². The second kappa shape index (κ2) is 6.26. The van der Waals surface area contributed by atoms with E-state index in [-0.39, 0.29) is 5.31 Å². The third-order valence-corrected chi connectivity index (χ3v) is 2.65. The SMILES string of the molecule is CCOC(=O)c1ccc(B(O)O)c(BC(C)(C)C)c1. The molecule has 19 heavy (non-hydrogen) atoms. The molecule has 1 aromatic rings. The van der Waals surface area contributed by atoms with E-state index in [1.807, 2.05) is 0 Å². The molecule has 2 N–H and O–H groups in total. The van der Waals surface area contributed by atoms with E-state index in [0.717, 1.165) is 5.46 Å². The maximum absolute atomic E-state index is 11.7. The van der Waals surface area contributed by atoms with Crippen LogP contribution >= 0.6 is 0 Å². The lowest BCUT2D eigenvalue weighted by atomic mass is 9.48. The highest BCUT2D eigenvalue weighted by atomic mass is 16.5. The fourth-order valence-corrected chi connectivity index (χ4v) is 1.92. The second-order valence-corrected chi connectivity index (χ2v) is 5.75. The zero-order valence-corrected chi connectivity index (χ0v) is 11.9. The third-order valence-electron chi connectivity index (χ3n) is 2.65. The number of benzene rings is 1. The maximum Gasteiger partial charge on any atom is 0.487 e. The molecule has 0 heterocycles. The van der Waals surface area contributed by atoms with E-state index >= 15 is 0 Å². The van der Waals surface area contributed by atoms with Gasteiger partial charge in [-0.15, -0.1) is 0 Å². The second-order valence-electron chi connectivity index (χ2n) is 5.75. The Labute approximate surface area is 115 Å². The minimum absolute atomic E-state index is 0.0169. The largest absolute Gasteiger partial charge is 0.487 e. The molecular formula is C13H20B2O4. The Morgan fingerprint density at radius 1 is 1.37 bits per heavy atom. The Bertz CT molecular complexity index is 452. The predicted octanol–water partition coefficient (Wildman–Crippen LogP) is -0.177. The monoisotopic (exact) mass is 262 g/mol. The third kappa shape index (κ3) is 4.73. The summed E-state index contributed by atoms with van der Waals surface area (Å²) in [5.41, 5.74) is 1.63. The Kier molecular flexibility index (Phi) is 5.20. The molecule has 0 radical (unpaired) electrons. The van der Waals surface area contributed by atoms with Crippen molar-refractivity contribution >= 4 is 31.3 Å². The van der Waals surface area contributed by atoms with Gasteiger partial charge in [0.1, 0.15) is 0 Å². The highest BCUT2D eigenvalue weighted by Crippen LogP contribution is 2.19. The van der Waals surface area contributed by atoms with Gasteiger partial charge in [-0.2, -0.15) is 0 Å². The first kappa shape index (κ1) is 15.8. The summed E-state index contributed by atoms with van der Waals surface area (Å²) < 4.78 is 4.95. The molecule has 0 spiro atoms. The fraction of sp³-hybridized carbons (Fsp3) is 0.462. The Morgan fingerprint density at radius 2 is 2.00 bits per heavy atom. The average molecular weight is 262 g/mol. The fourth-order valence-electron chi connectivity index (χ4n) is 1.92. The highest BCUT2D eigenvalue weighted by Gasteiger charge is 2.23. The van der Waals surface area contributed by atoms with E-state index in [0.29, 0.717) is 24.9 Å². The molecule has 6 heteroatoms. The molecule has 4 nitrogen and oxygen atoms in total. The van der Waals surface area contributed by atoms with Crippen molar-refractivity contribution in [1.29, 1.82) is 0 Å². The van der Waals surface area contributed by atoms with Crippen LogP contribution in [0.2, 0.25) is 5.31 Å². The van der Waals surface area contributed by atoms with Gasteiger partial charge in [0.2, 0.25) is 0 Å². The van der Waals surface area contributed by atoms with Crippen LogP contribution in [-0.2, 0) is 4.74 Å². The Morgan fingerprint density at radius 3 is 2.47 bits per heavy atom. The summed E-state index contributed by atoms with van der Waals surface area (Å²) >= 11 is 0. The van der Waals surface area contributed by atoms with Gasteiger partial charge in [0.05, 0.1) is 12.2 Å². The van der Waals surface area contributed by atoms with E-state index in [1.165, 1.54) is 0 Å². The van der Waals surface area contributed by atoms with Crippen LogP contribution in [0.15, 0.2) is 18.2 Å². The van der Waals surface area contributed by atoms with Crippen LogP contribution in [0.1, 0.15) is 38.1 Å². The summed E-state index contributed by atoms with van der Waals surface area (Å²) in [6, 6.07) is 4.80. The Hall–Kier alpha value is -1.26. The molecule has 0 amide bonds. The molecule has 1 aromatic carbocycles. The standard InChI is InChI=1S/C13H20B2O4/c1-5-19-12(16)9-6-7-11(15(17)18)10(8-9)14-13(2,3)4/h6-8,14,17-18H,5H2,1-4H3. The van der Waals surface area contributed by atoms with Crippen molar-refractivity contribution in [2.75, 3.05) is 6.61 Å². The van der Waals surface area contributed by atoms with Gasteiger partial charge >= 0.3 is 13.1 Å². The van der Waals surface area contributed by atoms with E-state index in [4.69, 9.17) is 4.74 Å². The number of hydrogen-bond donors (Lipinski definition) is 2. The van der Waals surface area contributed by atoms with Crippen LogP contribution in [0.4, 0.5) is 0 Å². The molecule has 0 saturated carbocycles. The van der Waals surface area contributed by atoms with Gasteiger partial charge in [-0.3, -0.25) is 0 Å². The molecule has 0 aliphatic heterocycles. The first-order valence-corrected chi connectivity index (χ1v) is 6.40. The van der Waals surface area contributed by atoms with Gasteiger partial charge in [-0.1, -0.05) is 43.7 Å². The van der Waals surface area contributed by atoms with Crippen molar-refractivity contribution in [3.05, 3.63) is 23.8 Å². The van der Waals surface area contributed by atoms with Gasteiger partial charge < -0.3 is 14.8 Å². The maximum atomic E-state index is 11.7. The minimum atomic E-state index is -1.53. The van der Waals surface area contributed by atoms with Gasteiger partial charge in [0.25, 0.3) is 0 Å². The zero-order chi connectivity index (χ0) is 14.6. The lowest BCUT2D eigenvalue weighted by Crippen LogP contribution is -2.46. The van der Waals surface area contributed by atoms with Crippen molar-refractivity contribution in [1.82, 2.24) is 0 Å². The van der Waals surface area contributed by atoms with Crippen LogP contribution in [0.5, 0.6) is 0 Å². The molecule has 0 bridgehead atoms. The van der Waals surface area contributed by atoms with Crippen molar-refractivity contribution in [2.24, 2.45) is 0 Å². The number of esters is 1. The van der Waals surface area contributed by atoms with E-state index in [2.05, 4.69) is 20.8 Å². The summed E-state index contributed by atoms with van der Waals surface area (Å²) in [5.74, 6) is -0.392. The van der Waals surface area contributed by atoms with E-state index < -0.39 is 13.1 Å². The van der Waals surface area contributed by atoms with Crippen LogP contribution in [0, 0.1) is 0 Å². The summed E-state index contributed by atoms with van der Waals surface area (Å²) in [7, 11) is -0.888. The lowest BCUT2D eigenvalue weighted by Gasteiger charge is -2.19. The van der Waals surface area contributed by atoms with Crippen LogP contribution < -0.4 is 10.9 Å². The van der Waals surface area contributed by atoms with Gasteiger partial charge in [-0.05, 0) is 18.5 Å². The summed E-state index contributed by atoms with van der Waals surface area (Å²) in [4.78, 5) is 11.7. The van der Waals surface area contributed by atoms with Gasteiger partial charge in [-0.25, -0.2) is 4.79 Å². The first-order valence-electron chi connectivity index (χ1n) is 6.40. The number of hydrogen-bond acceptors (Lipinski definition) is 4. The molecular weight excluding hydrogens is 242 g/mol. The predicted molar refractivity (Wildman–Crippen MR) is 78.7 cm³/mol. The summed E-state index contributed by atoms with van der Waals surface area (Å²) in [5, 5.41) is 18.7. The molecule has 0 aliphatic rings. The smallest absolute Gasteiger partial charge is 0.462 e. The normalized spacial score (nSPS) is 11.1. The quantitative estimate of drug-likeness (QED) is 0.583. The van der Waals surface area contributed by atoms with Crippen LogP contribution in [-0.4, -0.2) is 37.0 Å². The van der Waals surface area contributed by atoms with Crippen LogP contribution in [0.3, 0.4) is 0 Å². The first-order chi connectivity index (χ1) is 8.74. The lowest BCUT2D eigenvalue weighted by molar-refractivity contribution is 0.0526. The zero-order valence-electron chi connectivity index (χ0n) is 11.9. The molecule has 0 atom stereocenters. The van der Waals surface area contributed by atoms with Crippen LogP contribution in [0.25, 0.3) is 0 Å². The van der Waals surface area contributed by atoms with E-state index in [1.54, 1.807) is 25.1 Å². The van der Waals surface area contributed by atoms with Crippen molar-refractivity contribution in [3.63, 3.8) is 0 Å². The summed E-state index contributed by atoms with van der Waals surface area (Å²) in [6.07, 6.45) is 0. The summed E-state index contributed by atoms with van der Waals surface area (Å²) in [6.45, 7) is 8.23. The molecule has 102 valence electrons. The van der Waals surface area contributed by atoms with Crippen molar-refractivity contribution < 1.29 is 19.6 Å². The molecule has 0 fully saturated rings. The molecule has 0 aliphatic carbocycles.